The number of rotatable bonds is 12. The van der Waals surface area contributed by atoms with Crippen LogP contribution >= 0.6 is 11.6 Å². The van der Waals surface area contributed by atoms with Crippen molar-refractivity contribution in [2.45, 2.75) is 63.1 Å². The summed E-state index contributed by atoms with van der Waals surface area (Å²) in [5, 5.41) is 3.50. The maximum Gasteiger partial charge on any atom is 0.264 e. The number of nitrogens with zero attached hydrogens (tertiary/aromatic N) is 2. The summed E-state index contributed by atoms with van der Waals surface area (Å²) in [4.78, 5) is 29.0. The van der Waals surface area contributed by atoms with Gasteiger partial charge < -0.3 is 19.7 Å². The molecule has 230 valence electrons. The van der Waals surface area contributed by atoms with Crippen molar-refractivity contribution in [3.05, 3.63) is 82.9 Å². The van der Waals surface area contributed by atoms with Gasteiger partial charge in [0.1, 0.15) is 12.6 Å². The van der Waals surface area contributed by atoms with Gasteiger partial charge in [0.25, 0.3) is 10.0 Å². The van der Waals surface area contributed by atoms with E-state index in [2.05, 4.69) is 5.32 Å². The Hall–Kier alpha value is -3.76. The highest BCUT2D eigenvalue weighted by molar-refractivity contribution is 7.92. The molecule has 1 aliphatic rings. The molecule has 0 saturated heterocycles. The fourth-order valence-electron chi connectivity index (χ4n) is 5.13. The predicted molar refractivity (Wildman–Crippen MR) is 167 cm³/mol. The Morgan fingerprint density at radius 2 is 1.63 bits per heavy atom. The Kier molecular flexibility index (Phi) is 10.6. The van der Waals surface area contributed by atoms with Gasteiger partial charge in [-0.2, -0.15) is 0 Å². The van der Waals surface area contributed by atoms with E-state index >= 15 is 0 Å². The molecule has 3 aromatic carbocycles. The van der Waals surface area contributed by atoms with Crippen LogP contribution in [0.3, 0.4) is 0 Å². The second-order valence-electron chi connectivity index (χ2n) is 10.6. The van der Waals surface area contributed by atoms with Gasteiger partial charge in [-0.05, 0) is 62.6 Å². The number of halogens is 1. The molecular formula is C32H38ClN3O6S. The maximum atomic E-state index is 14.2. The van der Waals surface area contributed by atoms with Gasteiger partial charge in [-0.1, -0.05) is 60.3 Å². The lowest BCUT2D eigenvalue weighted by Crippen LogP contribution is -2.52. The number of aryl methyl sites for hydroxylation is 1. The van der Waals surface area contributed by atoms with E-state index < -0.39 is 28.5 Å². The van der Waals surface area contributed by atoms with Crippen LogP contribution in [0.15, 0.2) is 71.6 Å². The summed E-state index contributed by atoms with van der Waals surface area (Å²) in [6.07, 6.45) is 3.86. The topological polar surface area (TPSA) is 105 Å². The van der Waals surface area contributed by atoms with Gasteiger partial charge >= 0.3 is 0 Å². The van der Waals surface area contributed by atoms with Crippen LogP contribution in [-0.4, -0.2) is 58.0 Å². The van der Waals surface area contributed by atoms with Gasteiger partial charge in [-0.25, -0.2) is 8.42 Å². The minimum Gasteiger partial charge on any atom is -0.493 e. The molecule has 0 radical (unpaired) electrons. The largest absolute Gasteiger partial charge is 0.493 e. The molecule has 1 N–H and O–H groups in total. The number of hydrogen-bond acceptors (Lipinski definition) is 6. The lowest BCUT2D eigenvalue weighted by Gasteiger charge is -2.32. The van der Waals surface area contributed by atoms with Gasteiger partial charge in [0, 0.05) is 23.7 Å². The first-order chi connectivity index (χ1) is 20.5. The fourth-order valence-corrected chi connectivity index (χ4v) is 6.73. The lowest BCUT2D eigenvalue weighted by atomic mass is 10.1. The molecule has 43 heavy (non-hydrogen) atoms. The number of benzene rings is 3. The number of anilines is 1. The zero-order valence-electron chi connectivity index (χ0n) is 24.9. The van der Waals surface area contributed by atoms with Crippen molar-refractivity contribution in [3.8, 4) is 11.5 Å². The van der Waals surface area contributed by atoms with Gasteiger partial charge in [0.2, 0.25) is 11.8 Å². The Bertz CT molecular complexity index is 1540. The average molecular weight is 628 g/mol. The smallest absolute Gasteiger partial charge is 0.264 e. The average Bonchev–Trinajstić information content (AvgIpc) is 3.51. The first kappa shape index (κ1) is 32.2. The minimum absolute atomic E-state index is 0.0160. The van der Waals surface area contributed by atoms with E-state index in [1.807, 2.05) is 6.92 Å². The lowest BCUT2D eigenvalue weighted by molar-refractivity contribution is -0.139. The van der Waals surface area contributed by atoms with Crippen LogP contribution in [0.5, 0.6) is 11.5 Å². The molecule has 9 nitrogen and oxygen atoms in total. The van der Waals surface area contributed by atoms with E-state index in [1.165, 1.54) is 37.3 Å². The molecule has 1 atom stereocenters. The number of methoxy groups -OCH3 is 2. The summed E-state index contributed by atoms with van der Waals surface area (Å²) >= 11 is 6.45. The first-order valence-corrected chi connectivity index (χ1v) is 16.0. The summed E-state index contributed by atoms with van der Waals surface area (Å²) in [6.45, 7) is 2.95. The number of hydrogen-bond donors (Lipinski definition) is 1. The van der Waals surface area contributed by atoms with E-state index in [0.717, 1.165) is 35.6 Å². The normalized spacial score (nSPS) is 14.2. The third kappa shape index (κ3) is 7.61. The monoisotopic (exact) mass is 627 g/mol. The number of ether oxygens (including phenoxy) is 2. The van der Waals surface area contributed by atoms with Crippen molar-refractivity contribution in [1.29, 1.82) is 0 Å². The van der Waals surface area contributed by atoms with E-state index in [0.29, 0.717) is 22.1 Å². The molecular weight excluding hydrogens is 590 g/mol. The van der Waals surface area contributed by atoms with Crippen molar-refractivity contribution >= 4 is 39.1 Å². The SMILES string of the molecule is COc1ccc(N(CC(=O)N(Cc2ccccc2Cl)[C@@H](C)C(=O)NC2CCCC2)S(=O)(=O)c2ccc(C)cc2)cc1OC. The van der Waals surface area contributed by atoms with Crippen molar-refractivity contribution in [2.75, 3.05) is 25.1 Å². The highest BCUT2D eigenvalue weighted by Crippen LogP contribution is 2.34. The minimum atomic E-state index is -4.23. The fraction of sp³-hybridized carbons (Fsp3) is 0.375. The molecule has 0 heterocycles. The van der Waals surface area contributed by atoms with E-state index in [-0.39, 0.29) is 29.1 Å². The third-order valence-corrected chi connectivity index (χ3v) is 9.87. The number of carbonyl (C=O) groups is 2. The number of sulfonamides is 1. The van der Waals surface area contributed by atoms with Crippen LogP contribution in [0.25, 0.3) is 0 Å². The van der Waals surface area contributed by atoms with Crippen LogP contribution in [0, 0.1) is 6.92 Å². The molecule has 0 unspecified atom stereocenters. The molecule has 3 aromatic rings. The van der Waals surface area contributed by atoms with Crippen molar-refractivity contribution in [3.63, 3.8) is 0 Å². The van der Waals surface area contributed by atoms with Gasteiger partial charge in [0.15, 0.2) is 11.5 Å². The Labute approximate surface area is 258 Å². The van der Waals surface area contributed by atoms with Crippen LogP contribution in [0.4, 0.5) is 5.69 Å². The Morgan fingerprint density at radius 1 is 0.977 bits per heavy atom. The van der Waals surface area contributed by atoms with Gasteiger partial charge in [-0.15, -0.1) is 0 Å². The molecule has 1 aliphatic carbocycles. The van der Waals surface area contributed by atoms with Crippen molar-refractivity contribution in [1.82, 2.24) is 10.2 Å². The Morgan fingerprint density at radius 3 is 2.26 bits per heavy atom. The molecule has 0 bridgehead atoms. The standard InChI is InChI=1S/C32H38ClN3O6S/c1-22-13-16-27(17-14-22)43(39,40)36(26-15-18-29(41-3)30(19-26)42-4)21-31(37)35(20-24-9-5-8-12-28(24)33)23(2)32(38)34-25-10-6-7-11-25/h5,8-9,12-19,23,25H,6-7,10-11,20-21H2,1-4H3,(H,34,38)/t23-/m0/s1. The second-order valence-corrected chi connectivity index (χ2v) is 12.9. The third-order valence-electron chi connectivity index (χ3n) is 7.71. The van der Waals surface area contributed by atoms with Crippen LogP contribution in [0.1, 0.15) is 43.7 Å². The van der Waals surface area contributed by atoms with Crippen LogP contribution in [0.2, 0.25) is 5.02 Å². The molecule has 11 heteroatoms. The van der Waals surface area contributed by atoms with E-state index in [4.69, 9.17) is 21.1 Å². The zero-order chi connectivity index (χ0) is 31.1. The highest BCUT2D eigenvalue weighted by atomic mass is 35.5. The quantitative estimate of drug-likeness (QED) is 0.291. The molecule has 1 saturated carbocycles. The van der Waals surface area contributed by atoms with Crippen molar-refractivity contribution in [2.24, 2.45) is 0 Å². The summed E-state index contributed by atoms with van der Waals surface area (Å²) in [7, 11) is -1.30. The van der Waals surface area contributed by atoms with Crippen molar-refractivity contribution < 1.29 is 27.5 Å². The highest BCUT2D eigenvalue weighted by Gasteiger charge is 2.34. The summed E-state index contributed by atoms with van der Waals surface area (Å²) in [5.74, 6) is -0.164. The molecule has 1 fully saturated rings. The van der Waals surface area contributed by atoms with E-state index in [9.17, 15) is 18.0 Å². The van der Waals surface area contributed by atoms with E-state index in [1.54, 1.807) is 55.5 Å². The number of carbonyl (C=O) groups excluding carboxylic acids is 2. The van der Waals surface area contributed by atoms with Gasteiger partial charge in [-0.3, -0.25) is 13.9 Å². The zero-order valence-corrected chi connectivity index (χ0v) is 26.5. The molecule has 0 aromatic heterocycles. The predicted octanol–water partition coefficient (Wildman–Crippen LogP) is 5.34. The molecule has 4 rings (SSSR count). The summed E-state index contributed by atoms with van der Waals surface area (Å²) in [5.41, 5.74) is 1.73. The molecule has 0 aliphatic heterocycles. The number of nitrogens with one attached hydrogen (secondary N) is 1. The second kappa shape index (κ2) is 14.1. The number of amides is 2. The summed E-state index contributed by atoms with van der Waals surface area (Å²) in [6, 6.07) is 17.3. The van der Waals surface area contributed by atoms with Gasteiger partial charge in [0.05, 0.1) is 24.8 Å². The van der Waals surface area contributed by atoms with Crippen LogP contribution < -0.4 is 19.1 Å². The first-order valence-electron chi connectivity index (χ1n) is 14.2. The maximum absolute atomic E-state index is 14.2. The van der Waals surface area contributed by atoms with Crippen LogP contribution in [-0.2, 0) is 26.2 Å². The Balaban J connectivity index is 1.74. The molecule has 2 amide bonds. The molecule has 0 spiro atoms. The summed E-state index contributed by atoms with van der Waals surface area (Å²) < 4.78 is 40.0.